The molecular weight excluding hydrogens is 457 g/mol. The second-order valence-corrected chi connectivity index (χ2v) is 8.65. The van der Waals surface area contributed by atoms with Crippen molar-refractivity contribution in [1.82, 2.24) is 4.90 Å². The van der Waals surface area contributed by atoms with Gasteiger partial charge >= 0.3 is 0 Å². The quantitative estimate of drug-likeness (QED) is 0.432. The predicted molar refractivity (Wildman–Crippen MR) is 127 cm³/mol. The minimum absolute atomic E-state index is 0.0630. The van der Waals surface area contributed by atoms with Crippen LogP contribution in [0, 0.1) is 0 Å². The van der Waals surface area contributed by atoms with Crippen LogP contribution in [0.2, 0.25) is 10.0 Å². The van der Waals surface area contributed by atoms with Crippen molar-refractivity contribution in [2.45, 2.75) is 18.6 Å². The number of amidine groups is 1. The molecule has 160 valence electrons. The summed E-state index contributed by atoms with van der Waals surface area (Å²) in [6.45, 7) is 5.42. The maximum Gasteiger partial charge on any atom is 0.242 e. The Bertz CT molecular complexity index is 1090. The summed E-state index contributed by atoms with van der Waals surface area (Å²) in [5.74, 6) is -0.679. The third-order valence-corrected chi connectivity index (χ3v) is 6.40. The summed E-state index contributed by atoms with van der Waals surface area (Å²) in [5, 5.41) is 3.06. The van der Waals surface area contributed by atoms with Gasteiger partial charge in [-0.15, -0.1) is 6.58 Å². The minimum Gasteiger partial charge on any atom is -0.325 e. The number of benzene rings is 2. The van der Waals surface area contributed by atoms with Gasteiger partial charge in [-0.1, -0.05) is 59.2 Å². The summed E-state index contributed by atoms with van der Waals surface area (Å²) in [4.78, 5) is 43.0. The average molecular weight is 476 g/mol. The van der Waals surface area contributed by atoms with Gasteiger partial charge in [0.2, 0.25) is 11.8 Å². The van der Waals surface area contributed by atoms with Crippen LogP contribution in [0.15, 0.2) is 60.1 Å². The van der Waals surface area contributed by atoms with E-state index in [1.165, 1.54) is 23.6 Å². The minimum atomic E-state index is -0.646. The Morgan fingerprint density at radius 2 is 2.00 bits per heavy atom. The molecule has 0 spiro atoms. The molecule has 0 unspecified atom stereocenters. The summed E-state index contributed by atoms with van der Waals surface area (Å²) in [6.07, 6.45) is 1.53. The molecule has 31 heavy (non-hydrogen) atoms. The first kappa shape index (κ1) is 23.1. The third-order valence-electron chi connectivity index (χ3n) is 4.41. The van der Waals surface area contributed by atoms with Gasteiger partial charge in [-0.05, 0) is 31.2 Å². The summed E-state index contributed by atoms with van der Waals surface area (Å²) in [7, 11) is 0. The number of rotatable bonds is 7. The molecule has 1 aliphatic heterocycles. The zero-order valence-corrected chi connectivity index (χ0v) is 18.9. The van der Waals surface area contributed by atoms with Gasteiger partial charge in [0.1, 0.15) is 5.25 Å². The highest BCUT2D eigenvalue weighted by Crippen LogP contribution is 2.33. The molecule has 6 nitrogen and oxygen atoms in total. The molecule has 1 fully saturated rings. The number of carbonyl (C=O) groups excluding carboxylic acids is 3. The number of thioether (sulfide) groups is 1. The van der Waals surface area contributed by atoms with E-state index >= 15 is 0 Å². The summed E-state index contributed by atoms with van der Waals surface area (Å²) in [5.41, 5.74) is 1.46. The molecule has 2 aromatic rings. The monoisotopic (exact) mass is 475 g/mol. The molecule has 0 saturated carbocycles. The Labute approximate surface area is 194 Å². The lowest BCUT2D eigenvalue weighted by atomic mass is 10.1. The Balaban J connectivity index is 1.78. The smallest absolute Gasteiger partial charge is 0.242 e. The number of hydrogen-bond donors (Lipinski definition) is 1. The molecule has 9 heteroatoms. The molecular formula is C22H19Cl2N3O3S. The van der Waals surface area contributed by atoms with E-state index in [-0.39, 0.29) is 35.6 Å². The number of nitrogens with zero attached hydrogens (tertiary/aromatic N) is 2. The maximum absolute atomic E-state index is 12.9. The van der Waals surface area contributed by atoms with Crippen molar-refractivity contribution < 1.29 is 14.4 Å². The van der Waals surface area contributed by atoms with Gasteiger partial charge in [-0.25, -0.2) is 4.99 Å². The zero-order valence-electron chi connectivity index (χ0n) is 16.6. The first-order chi connectivity index (χ1) is 14.8. The molecule has 0 radical (unpaired) electrons. The number of nitrogens with one attached hydrogen (secondary N) is 1. The van der Waals surface area contributed by atoms with Crippen molar-refractivity contribution in [3.8, 4) is 0 Å². The van der Waals surface area contributed by atoms with E-state index in [2.05, 4.69) is 16.9 Å². The van der Waals surface area contributed by atoms with E-state index < -0.39 is 5.25 Å². The molecule has 2 aromatic carbocycles. The van der Waals surface area contributed by atoms with Crippen molar-refractivity contribution in [3.63, 3.8) is 0 Å². The topological polar surface area (TPSA) is 78.8 Å². The van der Waals surface area contributed by atoms with Gasteiger partial charge in [0.05, 0.1) is 21.4 Å². The second kappa shape index (κ2) is 10.1. The van der Waals surface area contributed by atoms with E-state index in [0.717, 1.165) is 0 Å². The van der Waals surface area contributed by atoms with Crippen molar-refractivity contribution in [2.75, 3.05) is 11.9 Å². The number of amides is 2. The van der Waals surface area contributed by atoms with Gasteiger partial charge in [0.15, 0.2) is 11.0 Å². The molecule has 1 saturated heterocycles. The maximum atomic E-state index is 12.9. The van der Waals surface area contributed by atoms with Gasteiger partial charge in [0, 0.05) is 18.5 Å². The van der Waals surface area contributed by atoms with Crippen LogP contribution >= 0.6 is 35.0 Å². The fourth-order valence-electron chi connectivity index (χ4n) is 2.90. The van der Waals surface area contributed by atoms with Crippen LogP contribution in [0.5, 0.6) is 0 Å². The molecule has 0 aliphatic carbocycles. The normalized spacial score (nSPS) is 17.1. The van der Waals surface area contributed by atoms with E-state index in [1.807, 2.05) is 0 Å². The van der Waals surface area contributed by atoms with Crippen LogP contribution in [-0.2, 0) is 9.59 Å². The summed E-state index contributed by atoms with van der Waals surface area (Å²) < 4.78 is 0. The molecule has 1 aliphatic rings. The fourth-order valence-corrected chi connectivity index (χ4v) is 4.41. The Hall–Kier alpha value is -2.61. The van der Waals surface area contributed by atoms with E-state index in [9.17, 15) is 14.4 Å². The van der Waals surface area contributed by atoms with Crippen LogP contribution in [0.3, 0.4) is 0 Å². The molecule has 2 amide bonds. The summed E-state index contributed by atoms with van der Waals surface area (Å²) in [6, 6.07) is 11.8. The van der Waals surface area contributed by atoms with Crippen molar-refractivity contribution in [1.29, 1.82) is 0 Å². The lowest BCUT2D eigenvalue weighted by Crippen LogP contribution is -2.33. The van der Waals surface area contributed by atoms with Gasteiger partial charge in [-0.3, -0.25) is 19.3 Å². The molecule has 0 aromatic heterocycles. The number of halogens is 2. The molecule has 1 N–H and O–H groups in total. The highest BCUT2D eigenvalue weighted by atomic mass is 35.5. The standard InChI is InChI=1S/C22H19Cl2N3O3S/c1-3-10-27-21(30)18(12-19(29)26-17-9-5-8-16(23)20(17)24)31-22(27)25-15-7-4-6-14(11-15)13(2)28/h3-9,11,18H,1,10,12H2,2H3,(H,26,29)/t18-/m1/s1. The lowest BCUT2D eigenvalue weighted by molar-refractivity contribution is -0.127. The largest absolute Gasteiger partial charge is 0.325 e. The Kier molecular flexibility index (Phi) is 7.54. The number of aliphatic imine (C=N–C) groups is 1. The molecule has 3 rings (SSSR count). The number of Topliss-reactive ketones (excluding diaryl/α,β-unsaturated/α-hetero) is 1. The summed E-state index contributed by atoms with van der Waals surface area (Å²) >= 11 is 13.3. The van der Waals surface area contributed by atoms with E-state index in [0.29, 0.717) is 27.1 Å². The lowest BCUT2D eigenvalue weighted by Gasteiger charge is -2.14. The second-order valence-electron chi connectivity index (χ2n) is 6.70. The fraction of sp³-hybridized carbons (Fsp3) is 0.182. The SMILES string of the molecule is C=CCN1C(=O)[C@@H](CC(=O)Nc2cccc(Cl)c2Cl)SC1=Nc1cccc(C(C)=O)c1. The van der Waals surface area contributed by atoms with Crippen LogP contribution in [-0.4, -0.2) is 39.5 Å². The van der Waals surface area contributed by atoms with Crippen LogP contribution in [0.4, 0.5) is 11.4 Å². The number of anilines is 1. The third kappa shape index (κ3) is 5.55. The molecule has 0 bridgehead atoms. The van der Waals surface area contributed by atoms with Crippen molar-refractivity contribution in [2.24, 2.45) is 4.99 Å². The first-order valence-corrected chi connectivity index (χ1v) is 11.0. The highest BCUT2D eigenvalue weighted by molar-refractivity contribution is 8.15. The Morgan fingerprint density at radius 3 is 2.71 bits per heavy atom. The van der Waals surface area contributed by atoms with Crippen LogP contribution in [0.25, 0.3) is 0 Å². The first-order valence-electron chi connectivity index (χ1n) is 9.32. The van der Waals surface area contributed by atoms with Crippen molar-refractivity contribution in [3.05, 3.63) is 70.7 Å². The van der Waals surface area contributed by atoms with Gasteiger partial charge in [0.25, 0.3) is 0 Å². The molecule has 1 atom stereocenters. The highest BCUT2D eigenvalue weighted by Gasteiger charge is 2.38. The number of carbonyl (C=O) groups is 3. The average Bonchev–Trinajstić information content (AvgIpc) is 3.00. The van der Waals surface area contributed by atoms with E-state index in [1.54, 1.807) is 48.5 Å². The van der Waals surface area contributed by atoms with E-state index in [4.69, 9.17) is 23.2 Å². The van der Waals surface area contributed by atoms with Gasteiger partial charge in [-0.2, -0.15) is 0 Å². The number of ketones is 1. The Morgan fingerprint density at radius 1 is 1.26 bits per heavy atom. The zero-order chi connectivity index (χ0) is 22.5. The molecule has 1 heterocycles. The van der Waals surface area contributed by atoms with Crippen molar-refractivity contribution >= 4 is 69.1 Å². The number of hydrogen-bond acceptors (Lipinski definition) is 5. The van der Waals surface area contributed by atoms with Crippen LogP contribution < -0.4 is 5.32 Å². The van der Waals surface area contributed by atoms with Crippen LogP contribution in [0.1, 0.15) is 23.7 Å². The van der Waals surface area contributed by atoms with Gasteiger partial charge < -0.3 is 5.32 Å². The predicted octanol–water partition coefficient (Wildman–Crippen LogP) is 5.34.